The van der Waals surface area contributed by atoms with Crippen molar-refractivity contribution in [2.45, 2.75) is 64.2 Å². The third-order valence-corrected chi connectivity index (χ3v) is 6.04. The highest BCUT2D eigenvalue weighted by atomic mass is 16.5. The zero-order chi connectivity index (χ0) is 18.7. The van der Waals surface area contributed by atoms with Gasteiger partial charge in [0.05, 0.1) is 0 Å². The lowest BCUT2D eigenvalue weighted by atomic mass is 9.83. The minimum absolute atomic E-state index is 0.186. The van der Waals surface area contributed by atoms with Crippen LogP contribution in [0.3, 0.4) is 0 Å². The molecule has 1 amide bonds. The Kier molecular flexibility index (Phi) is 9.23. The van der Waals surface area contributed by atoms with Gasteiger partial charge in [-0.3, -0.25) is 9.79 Å². The van der Waals surface area contributed by atoms with Crippen LogP contribution in [0.4, 0.5) is 0 Å². The molecule has 6 heteroatoms. The summed E-state index contributed by atoms with van der Waals surface area (Å²) in [5, 5.41) is 9.81. The minimum Gasteiger partial charge on any atom is -0.385 e. The number of methoxy groups -OCH3 is 1. The fraction of sp³-hybridized carbons (Fsp3) is 0.900. The summed E-state index contributed by atoms with van der Waals surface area (Å²) < 4.78 is 5.30. The van der Waals surface area contributed by atoms with Crippen LogP contribution in [0, 0.1) is 11.3 Å². The Morgan fingerprint density at radius 1 is 1.08 bits per heavy atom. The van der Waals surface area contributed by atoms with E-state index < -0.39 is 0 Å². The van der Waals surface area contributed by atoms with Crippen LogP contribution in [0.5, 0.6) is 0 Å². The molecule has 0 atom stereocenters. The standard InChI is InChI=1S/C20H38N4O2/c1-21-19(24-16-20(11-14-26-2)9-5-6-10-20)23-13-12-22-18(25)15-17-7-3-4-8-17/h17H,3-16H2,1-2H3,(H,22,25)(H2,21,23,24). The van der Waals surface area contributed by atoms with Gasteiger partial charge in [0.2, 0.25) is 5.91 Å². The monoisotopic (exact) mass is 366 g/mol. The molecule has 3 N–H and O–H groups in total. The van der Waals surface area contributed by atoms with E-state index in [1.165, 1.54) is 51.4 Å². The Morgan fingerprint density at radius 2 is 1.77 bits per heavy atom. The van der Waals surface area contributed by atoms with Crippen LogP contribution in [0.25, 0.3) is 0 Å². The Hall–Kier alpha value is -1.30. The highest BCUT2D eigenvalue weighted by molar-refractivity contribution is 5.80. The van der Waals surface area contributed by atoms with Crippen molar-refractivity contribution >= 4 is 11.9 Å². The van der Waals surface area contributed by atoms with Gasteiger partial charge in [-0.1, -0.05) is 25.7 Å². The number of carbonyl (C=O) groups is 1. The van der Waals surface area contributed by atoms with Crippen molar-refractivity contribution in [3.63, 3.8) is 0 Å². The fourth-order valence-electron chi connectivity index (χ4n) is 4.38. The SMILES string of the molecule is CN=C(NCCNC(=O)CC1CCCC1)NCC1(CCOC)CCCC1. The lowest BCUT2D eigenvalue weighted by molar-refractivity contribution is -0.121. The van der Waals surface area contributed by atoms with E-state index in [-0.39, 0.29) is 5.91 Å². The molecule has 0 bridgehead atoms. The van der Waals surface area contributed by atoms with Crippen LogP contribution in [0.2, 0.25) is 0 Å². The van der Waals surface area contributed by atoms with Gasteiger partial charge < -0.3 is 20.7 Å². The number of rotatable bonds is 10. The Labute approximate surface area is 158 Å². The van der Waals surface area contributed by atoms with Crippen molar-refractivity contribution in [3.05, 3.63) is 0 Å². The lowest BCUT2D eigenvalue weighted by Gasteiger charge is -2.30. The number of nitrogens with one attached hydrogen (secondary N) is 3. The van der Waals surface area contributed by atoms with Gasteiger partial charge in [-0.25, -0.2) is 0 Å². The van der Waals surface area contributed by atoms with Crippen LogP contribution in [-0.4, -0.2) is 52.3 Å². The topological polar surface area (TPSA) is 74.8 Å². The van der Waals surface area contributed by atoms with Gasteiger partial charge in [0.25, 0.3) is 0 Å². The van der Waals surface area contributed by atoms with Gasteiger partial charge in [0.1, 0.15) is 0 Å². The van der Waals surface area contributed by atoms with Crippen LogP contribution < -0.4 is 16.0 Å². The maximum absolute atomic E-state index is 12.0. The molecule has 0 aromatic rings. The zero-order valence-corrected chi connectivity index (χ0v) is 16.7. The summed E-state index contributed by atoms with van der Waals surface area (Å²) in [6.07, 6.45) is 11.9. The molecule has 26 heavy (non-hydrogen) atoms. The van der Waals surface area contributed by atoms with Crippen molar-refractivity contribution in [2.75, 3.05) is 40.4 Å². The molecule has 0 aromatic carbocycles. The van der Waals surface area contributed by atoms with Gasteiger partial charge in [-0.2, -0.15) is 0 Å². The van der Waals surface area contributed by atoms with Gasteiger partial charge >= 0.3 is 0 Å². The average Bonchev–Trinajstić information content (AvgIpc) is 3.32. The van der Waals surface area contributed by atoms with Crippen molar-refractivity contribution in [1.29, 1.82) is 0 Å². The summed E-state index contributed by atoms with van der Waals surface area (Å²) in [6.45, 7) is 3.09. The number of carbonyl (C=O) groups excluding carboxylic acids is 1. The molecule has 2 fully saturated rings. The normalized spacial score (nSPS) is 20.3. The van der Waals surface area contributed by atoms with E-state index in [2.05, 4.69) is 20.9 Å². The second-order valence-corrected chi connectivity index (χ2v) is 8.01. The van der Waals surface area contributed by atoms with Gasteiger partial charge in [0, 0.05) is 46.8 Å². The molecule has 0 spiro atoms. The van der Waals surface area contributed by atoms with E-state index in [1.807, 2.05) is 0 Å². The van der Waals surface area contributed by atoms with Crippen molar-refractivity contribution in [1.82, 2.24) is 16.0 Å². The minimum atomic E-state index is 0.186. The third kappa shape index (κ3) is 7.14. The zero-order valence-electron chi connectivity index (χ0n) is 16.7. The van der Waals surface area contributed by atoms with E-state index in [9.17, 15) is 4.79 Å². The number of ether oxygens (including phenoxy) is 1. The number of amides is 1. The van der Waals surface area contributed by atoms with Crippen LogP contribution >= 0.6 is 0 Å². The molecule has 0 aliphatic heterocycles. The maximum atomic E-state index is 12.0. The summed E-state index contributed by atoms with van der Waals surface area (Å²) >= 11 is 0. The molecule has 0 unspecified atom stereocenters. The molecule has 0 heterocycles. The smallest absolute Gasteiger partial charge is 0.220 e. The second-order valence-electron chi connectivity index (χ2n) is 8.01. The molecule has 6 nitrogen and oxygen atoms in total. The van der Waals surface area contributed by atoms with Crippen molar-refractivity contribution in [2.24, 2.45) is 16.3 Å². The predicted octanol–water partition coefficient (Wildman–Crippen LogP) is 2.44. The average molecular weight is 367 g/mol. The molecule has 2 aliphatic rings. The van der Waals surface area contributed by atoms with Gasteiger partial charge in [-0.05, 0) is 43.4 Å². The quantitative estimate of drug-likeness (QED) is 0.315. The number of nitrogens with zero attached hydrogens (tertiary/aromatic N) is 1. The summed E-state index contributed by atoms with van der Waals surface area (Å²) in [4.78, 5) is 16.3. The Balaban J connectivity index is 1.61. The highest BCUT2D eigenvalue weighted by Gasteiger charge is 2.33. The van der Waals surface area contributed by atoms with E-state index >= 15 is 0 Å². The highest BCUT2D eigenvalue weighted by Crippen LogP contribution is 2.40. The predicted molar refractivity (Wildman–Crippen MR) is 106 cm³/mol. The number of hydrogen-bond acceptors (Lipinski definition) is 3. The van der Waals surface area contributed by atoms with E-state index in [0.717, 1.165) is 25.5 Å². The number of hydrogen-bond donors (Lipinski definition) is 3. The first-order valence-electron chi connectivity index (χ1n) is 10.4. The third-order valence-electron chi connectivity index (χ3n) is 6.04. The van der Waals surface area contributed by atoms with Gasteiger partial charge in [0.15, 0.2) is 5.96 Å². The maximum Gasteiger partial charge on any atom is 0.220 e. The van der Waals surface area contributed by atoms with Crippen molar-refractivity contribution < 1.29 is 9.53 Å². The first-order valence-corrected chi connectivity index (χ1v) is 10.4. The summed E-state index contributed by atoms with van der Waals surface area (Å²) in [5.74, 6) is 1.61. The van der Waals surface area contributed by atoms with Crippen LogP contribution in [0.1, 0.15) is 64.2 Å². The van der Waals surface area contributed by atoms with E-state index in [0.29, 0.717) is 30.8 Å². The largest absolute Gasteiger partial charge is 0.385 e. The Bertz CT molecular complexity index is 441. The molecule has 2 aliphatic carbocycles. The molecular formula is C20H38N4O2. The van der Waals surface area contributed by atoms with Crippen molar-refractivity contribution in [3.8, 4) is 0 Å². The van der Waals surface area contributed by atoms with E-state index in [4.69, 9.17) is 4.74 Å². The fourth-order valence-corrected chi connectivity index (χ4v) is 4.38. The second kappa shape index (κ2) is 11.4. The number of guanidine groups is 1. The van der Waals surface area contributed by atoms with Crippen LogP contribution in [-0.2, 0) is 9.53 Å². The summed E-state index contributed by atoms with van der Waals surface area (Å²) in [7, 11) is 3.57. The molecule has 2 saturated carbocycles. The molecule has 0 radical (unpaired) electrons. The summed E-state index contributed by atoms with van der Waals surface area (Å²) in [6, 6.07) is 0. The number of aliphatic imine (C=N–C) groups is 1. The molecule has 2 rings (SSSR count). The molecule has 0 aromatic heterocycles. The van der Waals surface area contributed by atoms with Gasteiger partial charge in [-0.15, -0.1) is 0 Å². The van der Waals surface area contributed by atoms with Crippen LogP contribution in [0.15, 0.2) is 4.99 Å². The molecule has 0 saturated heterocycles. The Morgan fingerprint density at radius 3 is 2.42 bits per heavy atom. The molecular weight excluding hydrogens is 328 g/mol. The molecule has 150 valence electrons. The summed E-state index contributed by atoms with van der Waals surface area (Å²) in [5.41, 5.74) is 0.336. The lowest BCUT2D eigenvalue weighted by Crippen LogP contribution is -2.45. The van der Waals surface area contributed by atoms with E-state index in [1.54, 1.807) is 14.2 Å². The first-order chi connectivity index (χ1) is 12.7. The first kappa shape index (κ1) is 21.0.